The lowest BCUT2D eigenvalue weighted by molar-refractivity contribution is 0.102. The summed E-state index contributed by atoms with van der Waals surface area (Å²) in [5.41, 5.74) is 0.592. The molecule has 28 heavy (non-hydrogen) atoms. The van der Waals surface area contributed by atoms with Crippen LogP contribution in [0.3, 0.4) is 0 Å². The third-order valence-corrected chi connectivity index (χ3v) is 5.45. The Morgan fingerprint density at radius 2 is 1.61 bits per heavy atom. The Balaban J connectivity index is 1.71. The normalized spacial score (nSPS) is 10.9. The summed E-state index contributed by atoms with van der Waals surface area (Å²) in [5.74, 6) is -3.24. The topological polar surface area (TPSA) is 29.1 Å². The number of aryl methyl sites for hydroxylation is 1. The van der Waals surface area contributed by atoms with Gasteiger partial charge in [0.2, 0.25) is 0 Å². The molecule has 1 aromatic heterocycles. The maximum Gasteiger partial charge on any atom is 0.259 e. The molecule has 6 heteroatoms. The average molecular weight is 403 g/mol. The molecular formula is C22H20F3NOS. The van der Waals surface area contributed by atoms with E-state index < -0.39 is 23.4 Å². The highest BCUT2D eigenvalue weighted by atomic mass is 32.1. The molecule has 0 unspecified atom stereocenters. The molecule has 2 nitrogen and oxygen atoms in total. The zero-order chi connectivity index (χ0) is 20.1. The second-order valence-electron chi connectivity index (χ2n) is 6.50. The van der Waals surface area contributed by atoms with Gasteiger partial charge in [0.25, 0.3) is 5.91 Å². The summed E-state index contributed by atoms with van der Waals surface area (Å²) in [7, 11) is 0. The SMILES string of the molecule is CCCCCc1ccc(NC(=O)c2ccc(-c3ccc(F)c(F)c3)cc2F)s1. The fourth-order valence-electron chi connectivity index (χ4n) is 2.86. The second kappa shape index (κ2) is 9.06. The Morgan fingerprint density at radius 3 is 2.29 bits per heavy atom. The summed E-state index contributed by atoms with van der Waals surface area (Å²) < 4.78 is 40.9. The van der Waals surface area contributed by atoms with Crippen LogP contribution in [0.1, 0.15) is 41.4 Å². The summed E-state index contributed by atoms with van der Waals surface area (Å²) >= 11 is 1.48. The lowest BCUT2D eigenvalue weighted by atomic mass is 10.0. The number of halogens is 3. The van der Waals surface area contributed by atoms with Crippen LogP contribution in [0, 0.1) is 17.5 Å². The van der Waals surface area contributed by atoms with Crippen LogP contribution in [0.5, 0.6) is 0 Å². The van der Waals surface area contributed by atoms with E-state index in [1.54, 1.807) is 0 Å². The molecule has 0 aliphatic carbocycles. The predicted molar refractivity (Wildman–Crippen MR) is 107 cm³/mol. The van der Waals surface area contributed by atoms with E-state index in [4.69, 9.17) is 0 Å². The number of hydrogen-bond acceptors (Lipinski definition) is 2. The van der Waals surface area contributed by atoms with Gasteiger partial charge in [0.15, 0.2) is 11.6 Å². The average Bonchev–Trinajstić information content (AvgIpc) is 3.11. The first-order valence-corrected chi connectivity index (χ1v) is 9.94. The molecule has 0 saturated heterocycles. The summed E-state index contributed by atoms with van der Waals surface area (Å²) in [5, 5.41) is 3.38. The van der Waals surface area contributed by atoms with Crippen molar-refractivity contribution in [1.29, 1.82) is 0 Å². The number of rotatable bonds is 7. The molecule has 0 aliphatic rings. The zero-order valence-electron chi connectivity index (χ0n) is 15.4. The van der Waals surface area contributed by atoms with Gasteiger partial charge in [0, 0.05) is 4.88 Å². The molecule has 2 aromatic carbocycles. The quantitative estimate of drug-likeness (QED) is 0.431. The monoisotopic (exact) mass is 403 g/mol. The van der Waals surface area contributed by atoms with E-state index in [1.807, 2.05) is 12.1 Å². The van der Waals surface area contributed by atoms with Crippen molar-refractivity contribution < 1.29 is 18.0 Å². The van der Waals surface area contributed by atoms with Crippen LogP contribution in [-0.4, -0.2) is 5.91 Å². The summed E-state index contributed by atoms with van der Waals surface area (Å²) in [6.45, 7) is 2.15. The number of benzene rings is 2. The molecule has 1 amide bonds. The van der Waals surface area contributed by atoms with Crippen LogP contribution in [-0.2, 0) is 6.42 Å². The maximum absolute atomic E-state index is 14.5. The van der Waals surface area contributed by atoms with E-state index in [1.165, 1.54) is 34.4 Å². The van der Waals surface area contributed by atoms with Crippen molar-refractivity contribution in [3.8, 4) is 11.1 Å². The van der Waals surface area contributed by atoms with E-state index in [-0.39, 0.29) is 5.56 Å². The number of nitrogens with one attached hydrogen (secondary N) is 1. The Kier molecular flexibility index (Phi) is 6.52. The molecule has 0 saturated carbocycles. The lowest BCUT2D eigenvalue weighted by Crippen LogP contribution is -2.12. The summed E-state index contributed by atoms with van der Waals surface area (Å²) in [4.78, 5) is 13.6. The first-order chi connectivity index (χ1) is 13.5. The minimum absolute atomic E-state index is 0.104. The minimum Gasteiger partial charge on any atom is -0.313 e. The van der Waals surface area contributed by atoms with Gasteiger partial charge in [-0.2, -0.15) is 0 Å². The number of carbonyl (C=O) groups is 1. The third-order valence-electron chi connectivity index (χ3n) is 4.39. The van der Waals surface area contributed by atoms with Gasteiger partial charge in [0.1, 0.15) is 5.82 Å². The van der Waals surface area contributed by atoms with Crippen molar-refractivity contribution in [2.75, 3.05) is 5.32 Å². The molecule has 1 heterocycles. The largest absolute Gasteiger partial charge is 0.313 e. The summed E-state index contributed by atoms with van der Waals surface area (Å²) in [6.07, 6.45) is 4.38. The first-order valence-electron chi connectivity index (χ1n) is 9.13. The molecule has 0 spiro atoms. The van der Waals surface area contributed by atoms with Crippen LogP contribution in [0.2, 0.25) is 0 Å². The van der Waals surface area contributed by atoms with E-state index in [0.29, 0.717) is 16.1 Å². The lowest BCUT2D eigenvalue weighted by Gasteiger charge is -2.07. The standard InChI is InChI=1S/C22H20F3NOS/c1-2-3-4-5-16-8-11-21(28-16)26-22(27)17-9-6-14(12-19(17)24)15-7-10-18(23)20(25)13-15/h6-13H,2-5H2,1H3,(H,26,27). The van der Waals surface area contributed by atoms with Gasteiger partial charge >= 0.3 is 0 Å². The van der Waals surface area contributed by atoms with Crippen LogP contribution in [0.15, 0.2) is 48.5 Å². The van der Waals surface area contributed by atoms with Gasteiger partial charge in [-0.1, -0.05) is 31.9 Å². The molecule has 146 valence electrons. The predicted octanol–water partition coefficient (Wildman–Crippen LogP) is 6.82. The van der Waals surface area contributed by atoms with E-state index in [9.17, 15) is 18.0 Å². The van der Waals surface area contributed by atoms with Crippen LogP contribution in [0.4, 0.5) is 18.2 Å². The van der Waals surface area contributed by atoms with Crippen LogP contribution >= 0.6 is 11.3 Å². The number of amides is 1. The molecule has 3 aromatic rings. The Morgan fingerprint density at radius 1 is 0.893 bits per heavy atom. The van der Waals surface area contributed by atoms with Crippen LogP contribution in [0.25, 0.3) is 11.1 Å². The Bertz CT molecular complexity index is 984. The molecule has 1 N–H and O–H groups in total. The number of unbranched alkanes of at least 4 members (excludes halogenated alkanes) is 2. The summed E-state index contributed by atoms with van der Waals surface area (Å²) in [6, 6.07) is 11.1. The molecule has 0 aliphatic heterocycles. The van der Waals surface area contributed by atoms with Gasteiger partial charge < -0.3 is 5.32 Å². The maximum atomic E-state index is 14.5. The second-order valence-corrected chi connectivity index (χ2v) is 7.67. The first kappa shape index (κ1) is 20.1. The number of hydrogen-bond donors (Lipinski definition) is 1. The third kappa shape index (κ3) is 4.81. The zero-order valence-corrected chi connectivity index (χ0v) is 16.2. The molecule has 0 fully saturated rings. The van der Waals surface area contributed by atoms with Crippen molar-refractivity contribution in [2.45, 2.75) is 32.6 Å². The highest BCUT2D eigenvalue weighted by Gasteiger charge is 2.15. The Labute approximate surface area is 166 Å². The number of carbonyl (C=O) groups excluding carboxylic acids is 1. The van der Waals surface area contributed by atoms with Gasteiger partial charge in [0.05, 0.1) is 10.6 Å². The smallest absolute Gasteiger partial charge is 0.259 e. The van der Waals surface area contributed by atoms with Crippen molar-refractivity contribution in [3.05, 3.63) is 76.4 Å². The molecule has 0 bridgehead atoms. The van der Waals surface area contributed by atoms with E-state index >= 15 is 0 Å². The molecule has 3 rings (SSSR count). The van der Waals surface area contributed by atoms with Crippen molar-refractivity contribution in [2.24, 2.45) is 0 Å². The van der Waals surface area contributed by atoms with Crippen molar-refractivity contribution >= 4 is 22.2 Å². The van der Waals surface area contributed by atoms with Crippen LogP contribution < -0.4 is 5.32 Å². The highest BCUT2D eigenvalue weighted by molar-refractivity contribution is 7.16. The van der Waals surface area contributed by atoms with E-state index in [0.717, 1.165) is 43.9 Å². The Hall–Kier alpha value is -2.60. The van der Waals surface area contributed by atoms with Crippen molar-refractivity contribution in [1.82, 2.24) is 0 Å². The van der Waals surface area contributed by atoms with Gasteiger partial charge in [-0.15, -0.1) is 11.3 Å². The number of thiophene rings is 1. The molecule has 0 radical (unpaired) electrons. The molecule has 0 atom stereocenters. The van der Waals surface area contributed by atoms with Gasteiger partial charge in [-0.3, -0.25) is 4.79 Å². The fraction of sp³-hybridized carbons (Fsp3) is 0.227. The number of anilines is 1. The van der Waals surface area contributed by atoms with Crippen molar-refractivity contribution in [3.63, 3.8) is 0 Å². The molecular weight excluding hydrogens is 383 g/mol. The van der Waals surface area contributed by atoms with Gasteiger partial charge in [-0.05, 0) is 60.4 Å². The minimum atomic E-state index is -1.01. The highest BCUT2D eigenvalue weighted by Crippen LogP contribution is 2.26. The fourth-order valence-corrected chi connectivity index (χ4v) is 3.81. The van der Waals surface area contributed by atoms with Gasteiger partial charge in [-0.25, -0.2) is 13.2 Å². The van der Waals surface area contributed by atoms with E-state index in [2.05, 4.69) is 12.2 Å².